The van der Waals surface area contributed by atoms with E-state index in [1.807, 2.05) is 12.1 Å². The molecule has 0 atom stereocenters. The number of rotatable bonds is 4. The minimum Gasteiger partial charge on any atom is -0.206 e. The highest BCUT2D eigenvalue weighted by Gasteiger charge is 2.06. The smallest absolute Gasteiger partial charge is 0.141 e. The molecule has 3 aromatic carbocycles. The van der Waals surface area contributed by atoms with Gasteiger partial charge in [0.25, 0.3) is 0 Å². The summed E-state index contributed by atoms with van der Waals surface area (Å²) in [6.45, 7) is 2.20. The van der Waals surface area contributed by atoms with Crippen LogP contribution in [0.15, 0.2) is 54.6 Å². The molecule has 3 rings (SSSR count). The molecular weight excluding hydrogens is 285 g/mol. The number of nitriles is 1. The average molecular weight is 303 g/mol. The minimum atomic E-state index is -0.472. The van der Waals surface area contributed by atoms with E-state index >= 15 is 0 Å². The average Bonchev–Trinajstić information content (AvgIpc) is 2.59. The van der Waals surface area contributed by atoms with Crippen molar-refractivity contribution in [1.82, 2.24) is 0 Å². The normalized spacial score (nSPS) is 10.7. The fourth-order valence-corrected chi connectivity index (χ4v) is 2.80. The molecule has 0 fully saturated rings. The molecule has 0 amide bonds. The molecule has 0 aliphatic heterocycles. The van der Waals surface area contributed by atoms with Crippen molar-refractivity contribution in [3.63, 3.8) is 0 Å². The van der Waals surface area contributed by atoms with Crippen molar-refractivity contribution in [3.05, 3.63) is 71.5 Å². The number of unbranched alkanes of at least 4 members (excludes halogenated alkanes) is 1. The lowest BCUT2D eigenvalue weighted by Crippen LogP contribution is -1.87. The summed E-state index contributed by atoms with van der Waals surface area (Å²) in [5, 5.41) is 11.2. The summed E-state index contributed by atoms with van der Waals surface area (Å²) in [4.78, 5) is 0. The van der Waals surface area contributed by atoms with Gasteiger partial charge < -0.3 is 0 Å². The van der Waals surface area contributed by atoms with Gasteiger partial charge >= 0.3 is 0 Å². The molecule has 0 heterocycles. The second kappa shape index (κ2) is 6.62. The monoisotopic (exact) mass is 303 g/mol. The van der Waals surface area contributed by atoms with Gasteiger partial charge in [0.15, 0.2) is 0 Å². The van der Waals surface area contributed by atoms with Crippen molar-refractivity contribution >= 4 is 10.8 Å². The number of fused-ring (bicyclic) bond motifs is 1. The summed E-state index contributed by atoms with van der Waals surface area (Å²) in [7, 11) is 0. The highest BCUT2D eigenvalue weighted by Crippen LogP contribution is 2.27. The summed E-state index contributed by atoms with van der Waals surface area (Å²) in [5.74, 6) is -0.472. The predicted octanol–water partition coefficient (Wildman–Crippen LogP) is 5.86. The Bertz CT molecular complexity index is 890. The van der Waals surface area contributed by atoms with E-state index in [-0.39, 0.29) is 5.56 Å². The Hall–Kier alpha value is -2.66. The van der Waals surface area contributed by atoms with Crippen LogP contribution in [0.4, 0.5) is 4.39 Å². The van der Waals surface area contributed by atoms with Gasteiger partial charge in [-0.15, -0.1) is 0 Å². The fourth-order valence-electron chi connectivity index (χ4n) is 2.80. The maximum atomic E-state index is 13.8. The van der Waals surface area contributed by atoms with Gasteiger partial charge in [0.1, 0.15) is 11.9 Å². The number of aryl methyl sites for hydroxylation is 1. The number of nitrogens with zero attached hydrogens (tertiary/aromatic N) is 1. The topological polar surface area (TPSA) is 23.8 Å². The van der Waals surface area contributed by atoms with E-state index in [0.717, 1.165) is 22.9 Å². The van der Waals surface area contributed by atoms with Crippen LogP contribution in [0.1, 0.15) is 30.9 Å². The molecule has 0 aromatic heterocycles. The molecule has 0 spiro atoms. The Balaban J connectivity index is 1.97. The van der Waals surface area contributed by atoms with Crippen LogP contribution in [-0.2, 0) is 6.42 Å². The molecular formula is C21H18FN. The van der Waals surface area contributed by atoms with Crippen molar-refractivity contribution in [2.45, 2.75) is 26.2 Å². The number of benzene rings is 3. The van der Waals surface area contributed by atoms with E-state index in [9.17, 15) is 4.39 Å². The highest BCUT2D eigenvalue weighted by atomic mass is 19.1. The van der Waals surface area contributed by atoms with Crippen LogP contribution in [0.25, 0.3) is 21.9 Å². The molecule has 0 aliphatic rings. The first-order valence-corrected chi connectivity index (χ1v) is 7.94. The zero-order valence-corrected chi connectivity index (χ0v) is 13.1. The maximum absolute atomic E-state index is 13.8. The van der Waals surface area contributed by atoms with Crippen molar-refractivity contribution in [1.29, 1.82) is 5.26 Å². The quantitative estimate of drug-likeness (QED) is 0.592. The van der Waals surface area contributed by atoms with Crippen LogP contribution in [0, 0.1) is 17.1 Å². The molecule has 23 heavy (non-hydrogen) atoms. The third kappa shape index (κ3) is 3.24. The predicted molar refractivity (Wildman–Crippen MR) is 92.7 cm³/mol. The summed E-state index contributed by atoms with van der Waals surface area (Å²) in [5.41, 5.74) is 3.19. The number of hydrogen-bond donors (Lipinski definition) is 0. The second-order valence-corrected chi connectivity index (χ2v) is 5.81. The molecule has 1 nitrogen and oxygen atoms in total. The first kappa shape index (κ1) is 15.2. The number of halogens is 1. The van der Waals surface area contributed by atoms with Gasteiger partial charge in [-0.05, 0) is 58.5 Å². The molecule has 0 bridgehead atoms. The Kier molecular flexibility index (Phi) is 4.39. The van der Waals surface area contributed by atoms with E-state index < -0.39 is 5.82 Å². The lowest BCUT2D eigenvalue weighted by molar-refractivity contribution is 0.624. The van der Waals surface area contributed by atoms with Crippen LogP contribution in [0.5, 0.6) is 0 Å². The Labute approximate surface area is 136 Å². The zero-order valence-electron chi connectivity index (χ0n) is 13.1. The largest absolute Gasteiger partial charge is 0.206 e. The van der Waals surface area contributed by atoms with Crippen LogP contribution in [0.2, 0.25) is 0 Å². The minimum absolute atomic E-state index is 0.0788. The molecule has 0 radical (unpaired) electrons. The fraction of sp³-hybridized carbons (Fsp3) is 0.190. The summed E-state index contributed by atoms with van der Waals surface area (Å²) in [6, 6.07) is 19.3. The molecule has 3 aromatic rings. The van der Waals surface area contributed by atoms with E-state index in [1.165, 1.54) is 35.9 Å². The Morgan fingerprint density at radius 3 is 2.35 bits per heavy atom. The lowest BCUT2D eigenvalue weighted by Gasteiger charge is -2.07. The Morgan fingerprint density at radius 1 is 0.913 bits per heavy atom. The van der Waals surface area contributed by atoms with Crippen LogP contribution in [0.3, 0.4) is 0 Å². The van der Waals surface area contributed by atoms with E-state index in [1.54, 1.807) is 6.07 Å². The highest BCUT2D eigenvalue weighted by molar-refractivity contribution is 5.88. The molecule has 0 saturated carbocycles. The lowest BCUT2D eigenvalue weighted by atomic mass is 9.98. The van der Waals surface area contributed by atoms with Gasteiger partial charge in [-0.1, -0.05) is 49.7 Å². The van der Waals surface area contributed by atoms with Crippen molar-refractivity contribution in [2.24, 2.45) is 0 Å². The molecule has 0 saturated heterocycles. The molecule has 2 heteroatoms. The van der Waals surface area contributed by atoms with Crippen LogP contribution < -0.4 is 0 Å². The van der Waals surface area contributed by atoms with Gasteiger partial charge in [0.2, 0.25) is 0 Å². The van der Waals surface area contributed by atoms with Crippen molar-refractivity contribution < 1.29 is 4.39 Å². The van der Waals surface area contributed by atoms with E-state index in [0.29, 0.717) is 0 Å². The molecule has 0 aliphatic carbocycles. The summed E-state index contributed by atoms with van der Waals surface area (Å²) in [6.07, 6.45) is 3.50. The van der Waals surface area contributed by atoms with E-state index in [2.05, 4.69) is 37.3 Å². The summed E-state index contributed by atoms with van der Waals surface area (Å²) >= 11 is 0. The second-order valence-electron chi connectivity index (χ2n) is 5.81. The number of hydrogen-bond acceptors (Lipinski definition) is 1. The maximum Gasteiger partial charge on any atom is 0.141 e. The van der Waals surface area contributed by atoms with Gasteiger partial charge in [0, 0.05) is 0 Å². The van der Waals surface area contributed by atoms with Crippen LogP contribution >= 0.6 is 0 Å². The van der Waals surface area contributed by atoms with Gasteiger partial charge in [-0.25, -0.2) is 4.39 Å². The first-order valence-electron chi connectivity index (χ1n) is 7.94. The third-order valence-corrected chi connectivity index (χ3v) is 4.15. The van der Waals surface area contributed by atoms with Gasteiger partial charge in [-0.2, -0.15) is 5.26 Å². The molecule has 0 unspecified atom stereocenters. The standard InChI is InChI=1S/C21H18FN/c1-2-3-4-15-5-6-17-12-18(8-7-16(17)11-15)19-9-10-20(14-23)21(22)13-19/h5-13H,2-4H2,1H3. The third-order valence-electron chi connectivity index (χ3n) is 4.15. The van der Waals surface area contributed by atoms with Crippen LogP contribution in [-0.4, -0.2) is 0 Å². The first-order chi connectivity index (χ1) is 11.2. The van der Waals surface area contributed by atoms with Crippen molar-refractivity contribution in [3.8, 4) is 17.2 Å². The SMILES string of the molecule is CCCCc1ccc2cc(-c3ccc(C#N)c(F)c3)ccc2c1. The zero-order chi connectivity index (χ0) is 16.2. The van der Waals surface area contributed by atoms with Crippen molar-refractivity contribution in [2.75, 3.05) is 0 Å². The summed E-state index contributed by atoms with van der Waals surface area (Å²) < 4.78 is 13.8. The Morgan fingerprint density at radius 2 is 1.61 bits per heavy atom. The van der Waals surface area contributed by atoms with E-state index in [4.69, 9.17) is 5.26 Å². The molecule has 0 N–H and O–H groups in total. The van der Waals surface area contributed by atoms with Gasteiger partial charge in [0.05, 0.1) is 5.56 Å². The molecule has 114 valence electrons. The van der Waals surface area contributed by atoms with Gasteiger partial charge in [-0.3, -0.25) is 0 Å².